The lowest BCUT2D eigenvalue weighted by atomic mass is 10.1. The van der Waals surface area contributed by atoms with E-state index in [0.717, 1.165) is 16.9 Å². The standard InChI is InChI=1S/C17H13N3O3S/c1-10-5-7-24-15(10)8-11-4-6-19-16(11)18-14-3-2-12(20(22)23)9-13(14)17(19)21/h2-3,5,7-9H,4,6H2,1H3. The molecule has 1 aliphatic heterocycles. The van der Waals surface area contributed by atoms with E-state index in [1.165, 1.54) is 17.7 Å². The molecule has 7 heteroatoms. The minimum Gasteiger partial charge on any atom is -0.292 e. The third kappa shape index (κ3) is 2.25. The molecular weight excluding hydrogens is 326 g/mol. The Bertz CT molecular complexity index is 1080. The Hall–Kier alpha value is -2.80. The minimum atomic E-state index is -0.498. The molecule has 6 nitrogen and oxygen atoms in total. The van der Waals surface area contributed by atoms with Gasteiger partial charge < -0.3 is 0 Å². The van der Waals surface area contributed by atoms with Crippen molar-refractivity contribution < 1.29 is 4.92 Å². The Morgan fingerprint density at radius 1 is 1.38 bits per heavy atom. The Kier molecular flexibility index (Phi) is 3.31. The number of hydrogen-bond acceptors (Lipinski definition) is 5. The van der Waals surface area contributed by atoms with Crippen molar-refractivity contribution in [1.82, 2.24) is 9.55 Å². The van der Waals surface area contributed by atoms with Gasteiger partial charge >= 0.3 is 0 Å². The molecule has 3 heterocycles. The summed E-state index contributed by atoms with van der Waals surface area (Å²) < 4.78 is 1.61. The third-order valence-electron chi connectivity index (χ3n) is 4.25. The first-order valence-electron chi connectivity index (χ1n) is 7.48. The van der Waals surface area contributed by atoms with Crippen LogP contribution in [0.4, 0.5) is 5.69 Å². The number of aryl methyl sites for hydroxylation is 1. The summed E-state index contributed by atoms with van der Waals surface area (Å²) in [5, 5.41) is 13.3. The van der Waals surface area contributed by atoms with Crippen molar-refractivity contribution in [2.24, 2.45) is 0 Å². The van der Waals surface area contributed by atoms with Gasteiger partial charge in [-0.15, -0.1) is 11.3 Å². The van der Waals surface area contributed by atoms with E-state index >= 15 is 0 Å². The highest BCUT2D eigenvalue weighted by atomic mass is 32.1. The summed E-state index contributed by atoms with van der Waals surface area (Å²) in [5.74, 6) is 0.661. The van der Waals surface area contributed by atoms with Gasteiger partial charge in [-0.2, -0.15) is 0 Å². The molecule has 3 aromatic rings. The van der Waals surface area contributed by atoms with Crippen molar-refractivity contribution >= 4 is 39.6 Å². The summed E-state index contributed by atoms with van der Waals surface area (Å²) in [6.45, 7) is 2.61. The van der Waals surface area contributed by atoms with E-state index in [1.54, 1.807) is 22.0 Å². The second-order valence-corrected chi connectivity index (χ2v) is 6.69. The Morgan fingerprint density at radius 2 is 2.21 bits per heavy atom. The second kappa shape index (κ2) is 5.38. The van der Waals surface area contributed by atoms with E-state index < -0.39 is 4.92 Å². The molecule has 0 atom stereocenters. The van der Waals surface area contributed by atoms with E-state index in [-0.39, 0.29) is 11.2 Å². The molecule has 0 radical (unpaired) electrons. The lowest BCUT2D eigenvalue weighted by molar-refractivity contribution is -0.384. The van der Waals surface area contributed by atoms with Crippen molar-refractivity contribution in [3.63, 3.8) is 0 Å². The maximum absolute atomic E-state index is 12.7. The summed E-state index contributed by atoms with van der Waals surface area (Å²) >= 11 is 1.66. The molecule has 0 bridgehead atoms. The summed E-state index contributed by atoms with van der Waals surface area (Å²) in [7, 11) is 0. The zero-order chi connectivity index (χ0) is 16.8. The lowest BCUT2D eigenvalue weighted by Crippen LogP contribution is -2.20. The SMILES string of the molecule is Cc1ccsc1C=C1CCn2c1nc1ccc([N+](=O)[O-])cc1c2=O. The quantitative estimate of drug-likeness (QED) is 0.528. The monoisotopic (exact) mass is 339 g/mol. The van der Waals surface area contributed by atoms with Crippen LogP contribution in [0.15, 0.2) is 34.4 Å². The largest absolute Gasteiger partial charge is 0.292 e. The van der Waals surface area contributed by atoms with E-state index in [1.807, 2.05) is 5.38 Å². The number of thiophene rings is 1. The van der Waals surface area contributed by atoms with Gasteiger partial charge in [-0.1, -0.05) is 0 Å². The average Bonchev–Trinajstić information content (AvgIpc) is 3.15. The molecule has 0 fully saturated rings. The number of non-ortho nitro benzene ring substituents is 1. The highest BCUT2D eigenvalue weighted by Crippen LogP contribution is 2.30. The van der Waals surface area contributed by atoms with Crippen LogP contribution < -0.4 is 5.56 Å². The number of hydrogen-bond donors (Lipinski definition) is 0. The third-order valence-corrected chi connectivity index (χ3v) is 5.21. The number of nitrogens with zero attached hydrogens (tertiary/aromatic N) is 3. The maximum Gasteiger partial charge on any atom is 0.270 e. The predicted octanol–water partition coefficient (Wildman–Crippen LogP) is 3.62. The fourth-order valence-electron chi connectivity index (χ4n) is 2.95. The van der Waals surface area contributed by atoms with Gasteiger partial charge in [0.25, 0.3) is 11.2 Å². The van der Waals surface area contributed by atoms with Crippen LogP contribution in [0.5, 0.6) is 0 Å². The van der Waals surface area contributed by atoms with Crippen molar-refractivity contribution in [2.75, 3.05) is 0 Å². The van der Waals surface area contributed by atoms with Crippen LogP contribution in [0, 0.1) is 17.0 Å². The van der Waals surface area contributed by atoms with Crippen LogP contribution in [0.2, 0.25) is 0 Å². The van der Waals surface area contributed by atoms with Crippen LogP contribution in [-0.2, 0) is 6.54 Å². The van der Waals surface area contributed by atoms with E-state index in [9.17, 15) is 14.9 Å². The predicted molar refractivity (Wildman–Crippen MR) is 94.2 cm³/mol. The van der Waals surface area contributed by atoms with Gasteiger partial charge in [-0.25, -0.2) is 4.98 Å². The first-order chi connectivity index (χ1) is 11.5. The van der Waals surface area contributed by atoms with Gasteiger partial charge in [0.2, 0.25) is 0 Å². The number of allylic oxidation sites excluding steroid dienone is 1. The fraction of sp³-hybridized carbons (Fsp3) is 0.176. The molecule has 24 heavy (non-hydrogen) atoms. The molecule has 0 saturated carbocycles. The van der Waals surface area contributed by atoms with Gasteiger partial charge in [0.05, 0.1) is 15.8 Å². The Labute approximate surface area is 140 Å². The summed E-state index contributed by atoms with van der Waals surface area (Å²) in [4.78, 5) is 28.9. The van der Waals surface area contributed by atoms with Gasteiger partial charge in [-0.05, 0) is 48.1 Å². The number of nitro benzene ring substituents is 1. The zero-order valence-electron chi connectivity index (χ0n) is 12.9. The molecule has 120 valence electrons. The number of benzene rings is 1. The van der Waals surface area contributed by atoms with E-state index in [2.05, 4.69) is 24.1 Å². The van der Waals surface area contributed by atoms with E-state index in [0.29, 0.717) is 23.3 Å². The first-order valence-corrected chi connectivity index (χ1v) is 8.36. The minimum absolute atomic E-state index is 0.0927. The normalized spacial score (nSPS) is 15.1. The molecule has 1 aromatic carbocycles. The Balaban J connectivity index is 1.91. The van der Waals surface area contributed by atoms with Gasteiger partial charge in [0.15, 0.2) is 0 Å². The van der Waals surface area contributed by atoms with Gasteiger partial charge in [0.1, 0.15) is 5.82 Å². The van der Waals surface area contributed by atoms with E-state index in [4.69, 9.17) is 0 Å². The van der Waals surface area contributed by atoms with Crippen molar-refractivity contribution in [2.45, 2.75) is 19.9 Å². The number of rotatable bonds is 2. The fourth-order valence-corrected chi connectivity index (χ4v) is 3.83. The first kappa shape index (κ1) is 14.8. The highest BCUT2D eigenvalue weighted by Gasteiger charge is 2.22. The maximum atomic E-state index is 12.7. The molecular formula is C17H13N3O3S. The number of fused-ring (bicyclic) bond motifs is 2. The molecule has 0 unspecified atom stereocenters. The molecule has 0 spiro atoms. The molecule has 0 amide bonds. The molecule has 4 rings (SSSR count). The van der Waals surface area contributed by atoms with Gasteiger partial charge in [0, 0.05) is 23.6 Å². The second-order valence-electron chi connectivity index (χ2n) is 5.74. The van der Waals surface area contributed by atoms with Crippen LogP contribution in [0.3, 0.4) is 0 Å². The summed E-state index contributed by atoms with van der Waals surface area (Å²) in [6.07, 6.45) is 2.82. The lowest BCUT2D eigenvalue weighted by Gasteiger charge is -2.05. The van der Waals surface area contributed by atoms with Crippen molar-refractivity contribution in [1.29, 1.82) is 0 Å². The highest BCUT2D eigenvalue weighted by molar-refractivity contribution is 7.11. The van der Waals surface area contributed by atoms with Crippen LogP contribution >= 0.6 is 11.3 Å². The van der Waals surface area contributed by atoms with Gasteiger partial charge in [-0.3, -0.25) is 19.5 Å². The topological polar surface area (TPSA) is 78.0 Å². The summed E-state index contributed by atoms with van der Waals surface area (Å²) in [6, 6.07) is 6.30. The van der Waals surface area contributed by atoms with Crippen molar-refractivity contribution in [3.8, 4) is 0 Å². The molecule has 0 saturated heterocycles. The summed E-state index contributed by atoms with van der Waals surface area (Å²) in [5.41, 5.74) is 2.41. The zero-order valence-corrected chi connectivity index (χ0v) is 13.7. The molecule has 0 aliphatic carbocycles. The Morgan fingerprint density at radius 3 is 2.92 bits per heavy atom. The van der Waals surface area contributed by atoms with Crippen LogP contribution in [0.1, 0.15) is 22.7 Å². The molecule has 2 aromatic heterocycles. The average molecular weight is 339 g/mol. The molecule has 1 aliphatic rings. The smallest absolute Gasteiger partial charge is 0.270 e. The molecule has 0 N–H and O–H groups in total. The number of nitro groups is 1. The van der Waals surface area contributed by atoms with Crippen LogP contribution in [-0.4, -0.2) is 14.5 Å². The van der Waals surface area contributed by atoms with Crippen LogP contribution in [0.25, 0.3) is 22.6 Å². The number of aromatic nitrogens is 2. The van der Waals surface area contributed by atoms with Crippen molar-refractivity contribution in [3.05, 3.63) is 66.4 Å².